The highest BCUT2D eigenvalue weighted by molar-refractivity contribution is 6.30. The van der Waals surface area contributed by atoms with Crippen molar-refractivity contribution in [3.05, 3.63) is 51.8 Å². The summed E-state index contributed by atoms with van der Waals surface area (Å²) in [6, 6.07) is 7.28. The normalized spacial score (nSPS) is 19.5. The summed E-state index contributed by atoms with van der Waals surface area (Å²) >= 11 is 6.12. The molecule has 1 aliphatic rings. The lowest BCUT2D eigenvalue weighted by Crippen LogP contribution is -2.38. The van der Waals surface area contributed by atoms with Crippen LogP contribution in [0, 0.1) is 19.8 Å². The Bertz CT molecular complexity index is 1050. The number of aromatic nitrogens is 1. The molecular formula is C27H35ClN2O4. The Morgan fingerprint density at radius 3 is 2.24 bits per heavy atom. The van der Waals surface area contributed by atoms with Gasteiger partial charge in [-0.2, -0.15) is 0 Å². The van der Waals surface area contributed by atoms with Crippen molar-refractivity contribution in [1.29, 1.82) is 0 Å². The van der Waals surface area contributed by atoms with Crippen molar-refractivity contribution >= 4 is 23.5 Å². The number of nitrogens with zero attached hydrogens (tertiary/aromatic N) is 1. The van der Waals surface area contributed by atoms with Crippen LogP contribution in [0.15, 0.2) is 24.3 Å². The summed E-state index contributed by atoms with van der Waals surface area (Å²) in [7, 11) is 0. The Labute approximate surface area is 207 Å². The summed E-state index contributed by atoms with van der Waals surface area (Å²) in [5.41, 5.74) is 2.53. The van der Waals surface area contributed by atoms with Crippen LogP contribution in [-0.2, 0) is 9.53 Å². The number of aryl methyl sites for hydroxylation is 1. The smallest absolute Gasteiger partial charge is 0.337 e. The van der Waals surface area contributed by atoms with Crippen molar-refractivity contribution in [2.24, 2.45) is 5.92 Å². The fourth-order valence-corrected chi connectivity index (χ4v) is 4.71. The van der Waals surface area contributed by atoms with Gasteiger partial charge in [0, 0.05) is 22.3 Å². The molecule has 1 amide bonds. The number of rotatable bonds is 6. The fraction of sp³-hybridized carbons (Fsp3) is 0.519. The molecule has 6 nitrogen and oxygen atoms in total. The Kier molecular flexibility index (Phi) is 8.04. The van der Waals surface area contributed by atoms with E-state index in [1.54, 1.807) is 19.1 Å². The number of amides is 1. The standard InChI is InChI=1S/C27H35ClN2O4/c1-15-7-13-20(14-8-15)30-25(31)23-16(2)21(18-9-11-19(28)12-10-18)22(17(3)29-23)24(26(32)33)34-27(4,5)6/h9-12,15,20,24H,7-8,13-14H2,1-6H3,(H,30,31)(H,32,33)/t15?,20?,24-/m0/s1. The zero-order chi connectivity index (χ0) is 25.2. The molecule has 0 unspecified atom stereocenters. The number of carboxylic acids is 1. The second-order valence-corrected chi connectivity index (χ2v) is 10.8. The summed E-state index contributed by atoms with van der Waals surface area (Å²) in [5.74, 6) is -0.657. The highest BCUT2D eigenvalue weighted by Crippen LogP contribution is 2.38. The number of carbonyl (C=O) groups excluding carboxylic acids is 1. The Hall–Kier alpha value is -2.44. The Morgan fingerprint density at radius 2 is 1.71 bits per heavy atom. The number of pyridine rings is 1. The molecule has 1 aromatic carbocycles. The Balaban J connectivity index is 2.13. The third-order valence-electron chi connectivity index (χ3n) is 6.33. The van der Waals surface area contributed by atoms with Gasteiger partial charge in [0.2, 0.25) is 0 Å². The number of halogens is 1. The third-order valence-corrected chi connectivity index (χ3v) is 6.58. The van der Waals surface area contributed by atoms with E-state index >= 15 is 0 Å². The van der Waals surface area contributed by atoms with E-state index in [1.807, 2.05) is 39.8 Å². The van der Waals surface area contributed by atoms with Crippen molar-refractivity contribution < 1.29 is 19.4 Å². The first-order valence-corrected chi connectivity index (χ1v) is 12.2. The van der Waals surface area contributed by atoms with Gasteiger partial charge in [-0.05, 0) is 95.0 Å². The first-order chi connectivity index (χ1) is 15.9. The van der Waals surface area contributed by atoms with Gasteiger partial charge in [0.05, 0.1) is 5.60 Å². The predicted octanol–water partition coefficient (Wildman–Crippen LogP) is 6.27. The van der Waals surface area contributed by atoms with Crippen molar-refractivity contribution in [2.45, 2.75) is 85.0 Å². The lowest BCUT2D eigenvalue weighted by Gasteiger charge is -2.29. The number of benzene rings is 1. The van der Waals surface area contributed by atoms with Crippen LogP contribution in [0.5, 0.6) is 0 Å². The molecule has 184 valence electrons. The van der Waals surface area contributed by atoms with Crippen LogP contribution in [0.1, 0.15) is 86.8 Å². The molecule has 2 aromatic rings. The van der Waals surface area contributed by atoms with E-state index in [0.29, 0.717) is 39.0 Å². The number of nitrogens with one attached hydrogen (secondary N) is 1. The van der Waals surface area contributed by atoms with Gasteiger partial charge in [-0.3, -0.25) is 4.79 Å². The Morgan fingerprint density at radius 1 is 1.12 bits per heavy atom. The van der Waals surface area contributed by atoms with Crippen LogP contribution in [0.4, 0.5) is 0 Å². The predicted molar refractivity (Wildman–Crippen MR) is 134 cm³/mol. The molecule has 1 heterocycles. The third kappa shape index (κ3) is 6.16. The van der Waals surface area contributed by atoms with Crippen LogP contribution in [-0.4, -0.2) is 33.6 Å². The van der Waals surface area contributed by atoms with E-state index < -0.39 is 17.7 Å². The van der Waals surface area contributed by atoms with E-state index in [9.17, 15) is 14.7 Å². The van der Waals surface area contributed by atoms with Crippen molar-refractivity contribution in [3.63, 3.8) is 0 Å². The summed E-state index contributed by atoms with van der Waals surface area (Å²) in [5, 5.41) is 13.8. The molecule has 0 spiro atoms. The van der Waals surface area contributed by atoms with Gasteiger partial charge in [0.1, 0.15) is 5.69 Å². The maximum Gasteiger partial charge on any atom is 0.337 e. The van der Waals surface area contributed by atoms with Crippen LogP contribution in [0.25, 0.3) is 11.1 Å². The minimum absolute atomic E-state index is 0.125. The number of hydrogen-bond acceptors (Lipinski definition) is 4. The van der Waals surface area contributed by atoms with Gasteiger partial charge in [-0.15, -0.1) is 0 Å². The van der Waals surface area contributed by atoms with Gasteiger partial charge in [-0.1, -0.05) is 30.7 Å². The molecule has 1 saturated carbocycles. The SMILES string of the molecule is Cc1nc(C(=O)NC2CCC(C)CC2)c(C)c(-c2ccc(Cl)cc2)c1[C@H](OC(C)(C)C)C(=O)O. The summed E-state index contributed by atoms with van der Waals surface area (Å²) in [4.78, 5) is 30.2. The van der Waals surface area contributed by atoms with Crippen molar-refractivity contribution in [2.75, 3.05) is 0 Å². The second-order valence-electron chi connectivity index (χ2n) is 10.3. The average molecular weight is 487 g/mol. The van der Waals surface area contributed by atoms with Gasteiger partial charge < -0.3 is 15.2 Å². The van der Waals surface area contributed by atoms with Gasteiger partial charge in [-0.25, -0.2) is 9.78 Å². The zero-order valence-corrected chi connectivity index (χ0v) is 21.6. The molecule has 1 atom stereocenters. The topological polar surface area (TPSA) is 88.5 Å². The van der Waals surface area contributed by atoms with E-state index in [1.165, 1.54) is 0 Å². The molecule has 0 radical (unpaired) electrons. The number of aliphatic carboxylic acids is 1. The number of carbonyl (C=O) groups is 2. The maximum atomic E-state index is 13.3. The van der Waals surface area contributed by atoms with Gasteiger partial charge in [0.15, 0.2) is 6.10 Å². The van der Waals surface area contributed by atoms with E-state index in [-0.39, 0.29) is 11.9 Å². The van der Waals surface area contributed by atoms with E-state index in [4.69, 9.17) is 16.3 Å². The maximum absolute atomic E-state index is 13.3. The van der Waals surface area contributed by atoms with Crippen LogP contribution >= 0.6 is 11.6 Å². The quantitative estimate of drug-likeness (QED) is 0.502. The van der Waals surface area contributed by atoms with Gasteiger partial charge in [0.25, 0.3) is 5.91 Å². The first kappa shape index (κ1) is 26.2. The molecule has 1 fully saturated rings. The second kappa shape index (κ2) is 10.4. The molecule has 7 heteroatoms. The number of carboxylic acid groups (broad SMARTS) is 1. The largest absolute Gasteiger partial charge is 0.479 e. The summed E-state index contributed by atoms with van der Waals surface area (Å²) < 4.78 is 5.97. The van der Waals surface area contributed by atoms with Crippen molar-refractivity contribution in [1.82, 2.24) is 10.3 Å². The molecule has 1 aliphatic carbocycles. The number of hydrogen-bond donors (Lipinski definition) is 2. The lowest BCUT2D eigenvalue weighted by molar-refractivity contribution is -0.160. The molecule has 1 aromatic heterocycles. The van der Waals surface area contributed by atoms with Gasteiger partial charge >= 0.3 is 5.97 Å². The molecular weight excluding hydrogens is 452 g/mol. The average Bonchev–Trinajstić information content (AvgIpc) is 2.75. The van der Waals surface area contributed by atoms with Crippen LogP contribution < -0.4 is 5.32 Å². The number of ether oxygens (including phenoxy) is 1. The molecule has 0 saturated heterocycles. The van der Waals surface area contributed by atoms with Crippen molar-refractivity contribution in [3.8, 4) is 11.1 Å². The summed E-state index contributed by atoms with van der Waals surface area (Å²) in [6.07, 6.45) is 2.85. The fourth-order valence-electron chi connectivity index (χ4n) is 4.59. The molecule has 0 aliphatic heterocycles. The minimum Gasteiger partial charge on any atom is -0.479 e. The molecule has 0 bridgehead atoms. The van der Waals surface area contributed by atoms with E-state index in [0.717, 1.165) is 31.2 Å². The lowest BCUT2D eigenvalue weighted by atomic mass is 9.87. The van der Waals surface area contributed by atoms with Crippen LogP contribution in [0.2, 0.25) is 5.02 Å². The minimum atomic E-state index is -1.24. The highest BCUT2D eigenvalue weighted by atomic mass is 35.5. The summed E-state index contributed by atoms with van der Waals surface area (Å²) in [6.45, 7) is 11.2. The van der Waals surface area contributed by atoms with E-state index in [2.05, 4.69) is 17.2 Å². The van der Waals surface area contributed by atoms with Crippen LogP contribution in [0.3, 0.4) is 0 Å². The monoisotopic (exact) mass is 486 g/mol. The molecule has 3 rings (SSSR count). The highest BCUT2D eigenvalue weighted by Gasteiger charge is 2.33. The molecule has 34 heavy (non-hydrogen) atoms. The first-order valence-electron chi connectivity index (χ1n) is 11.9. The zero-order valence-electron chi connectivity index (χ0n) is 20.9. The molecule has 2 N–H and O–H groups in total.